The number of nitrogens with zero attached hydrogens (tertiary/aromatic N) is 1. The Bertz CT molecular complexity index is 1100. The highest BCUT2D eigenvalue weighted by molar-refractivity contribution is 6.32. The van der Waals surface area contributed by atoms with Crippen LogP contribution in [0.25, 0.3) is 0 Å². The minimum absolute atomic E-state index is 0.0398. The Labute approximate surface area is 176 Å². The molecule has 1 aliphatic heterocycles. The molecule has 156 valence electrons. The lowest BCUT2D eigenvalue weighted by Crippen LogP contribution is -2.27. The van der Waals surface area contributed by atoms with Gasteiger partial charge in [-0.3, -0.25) is 14.6 Å². The van der Waals surface area contributed by atoms with Crippen molar-refractivity contribution in [2.75, 3.05) is 6.54 Å². The van der Waals surface area contributed by atoms with Gasteiger partial charge in [0, 0.05) is 12.3 Å². The van der Waals surface area contributed by atoms with Gasteiger partial charge in [0.2, 0.25) is 0 Å². The lowest BCUT2D eigenvalue weighted by atomic mass is 10.1. The summed E-state index contributed by atoms with van der Waals surface area (Å²) < 4.78 is 58.4. The summed E-state index contributed by atoms with van der Waals surface area (Å²) in [6.45, 7) is -0.0805. The fourth-order valence-electron chi connectivity index (χ4n) is 2.47. The van der Waals surface area contributed by atoms with Crippen molar-refractivity contribution < 1.29 is 31.9 Å². The molecule has 0 saturated carbocycles. The molecule has 11 heteroatoms. The smallest absolute Gasteiger partial charge is 0.417 e. The molecule has 1 amide bonds. The lowest BCUT2D eigenvalue weighted by Gasteiger charge is -2.17. The Morgan fingerprint density at radius 2 is 1.83 bits per heavy atom. The van der Waals surface area contributed by atoms with E-state index in [9.17, 15) is 27.2 Å². The minimum Gasteiger partial charge on any atom is -0.455 e. The number of ketones is 1. The van der Waals surface area contributed by atoms with Gasteiger partial charge in [0.15, 0.2) is 5.78 Å². The highest BCUT2D eigenvalue weighted by atomic mass is 35.5. The molecule has 2 aromatic rings. The van der Waals surface area contributed by atoms with Gasteiger partial charge in [-0.25, -0.2) is 4.39 Å². The van der Waals surface area contributed by atoms with E-state index in [2.05, 4.69) is 10.3 Å². The number of nitrogens with one attached hydrogen (secondary N) is 1. The number of hydrogen-bond acceptors (Lipinski definition) is 4. The minimum atomic E-state index is -4.83. The molecule has 2 aromatic carbocycles. The van der Waals surface area contributed by atoms with Crippen molar-refractivity contribution in [3.63, 3.8) is 0 Å². The Morgan fingerprint density at radius 3 is 2.47 bits per heavy atom. The van der Waals surface area contributed by atoms with Crippen LogP contribution in [0.4, 0.5) is 17.6 Å². The largest absolute Gasteiger partial charge is 0.455 e. The van der Waals surface area contributed by atoms with Crippen LogP contribution in [0.3, 0.4) is 0 Å². The van der Waals surface area contributed by atoms with Crippen LogP contribution in [0.15, 0.2) is 47.1 Å². The Morgan fingerprint density at radius 1 is 1.10 bits per heavy atom. The molecule has 0 aromatic heterocycles. The molecule has 0 spiro atoms. The number of allylic oxidation sites excluding steroid dienone is 1. The van der Waals surface area contributed by atoms with Crippen LogP contribution in [-0.2, 0) is 11.0 Å². The van der Waals surface area contributed by atoms with Gasteiger partial charge in [-0.15, -0.1) is 0 Å². The van der Waals surface area contributed by atoms with Crippen LogP contribution >= 0.6 is 23.2 Å². The summed E-state index contributed by atoms with van der Waals surface area (Å²) >= 11 is 11.6. The van der Waals surface area contributed by atoms with E-state index in [1.165, 1.54) is 6.21 Å². The number of carbonyl (C=O) groups is 2. The highest BCUT2D eigenvalue weighted by Gasteiger charge is 2.35. The third kappa shape index (κ3) is 4.98. The van der Waals surface area contributed by atoms with Crippen molar-refractivity contribution in [3.8, 4) is 11.5 Å². The zero-order valence-electron chi connectivity index (χ0n) is 14.7. The first kappa shape index (κ1) is 21.8. The number of hydrogen-bond donors (Lipinski definition) is 1. The number of carbonyl (C=O) groups excluding carboxylic acids is 2. The number of amides is 1. The molecule has 0 fully saturated rings. The van der Waals surface area contributed by atoms with E-state index in [0.29, 0.717) is 6.07 Å². The van der Waals surface area contributed by atoms with Crippen molar-refractivity contribution in [2.45, 2.75) is 6.18 Å². The molecular weight excluding hydrogens is 451 g/mol. The first-order valence-electron chi connectivity index (χ1n) is 8.14. The van der Waals surface area contributed by atoms with E-state index < -0.39 is 34.2 Å². The number of benzene rings is 2. The van der Waals surface area contributed by atoms with Gasteiger partial charge >= 0.3 is 6.18 Å². The number of rotatable bonds is 4. The second-order valence-electron chi connectivity index (χ2n) is 5.99. The molecule has 5 nitrogen and oxygen atoms in total. The maximum atomic E-state index is 13.3. The van der Waals surface area contributed by atoms with Crippen molar-refractivity contribution in [1.29, 1.82) is 0 Å². The van der Waals surface area contributed by atoms with Gasteiger partial charge in [0.25, 0.3) is 5.91 Å². The average molecular weight is 461 g/mol. The fraction of sp³-hybridized carbons (Fsp3) is 0.105. The molecule has 0 atom stereocenters. The second-order valence-corrected chi connectivity index (χ2v) is 6.81. The molecule has 0 radical (unpaired) electrons. The molecule has 0 unspecified atom stereocenters. The third-order valence-electron chi connectivity index (χ3n) is 3.78. The average Bonchev–Trinajstić information content (AvgIpc) is 2.64. The highest BCUT2D eigenvalue weighted by Crippen LogP contribution is 2.40. The first-order chi connectivity index (χ1) is 14.0. The third-order valence-corrected chi connectivity index (χ3v) is 4.39. The number of ether oxygens (including phenoxy) is 1. The summed E-state index contributed by atoms with van der Waals surface area (Å²) in [6, 6.07) is 4.28. The zero-order chi connectivity index (χ0) is 22.1. The van der Waals surface area contributed by atoms with Crippen molar-refractivity contribution in [2.24, 2.45) is 4.99 Å². The van der Waals surface area contributed by atoms with Crippen LogP contribution in [0.1, 0.15) is 15.9 Å². The monoisotopic (exact) mass is 460 g/mol. The molecule has 1 N–H and O–H groups in total. The van der Waals surface area contributed by atoms with E-state index >= 15 is 0 Å². The van der Waals surface area contributed by atoms with Crippen molar-refractivity contribution in [3.05, 3.63) is 69.1 Å². The van der Waals surface area contributed by atoms with Crippen LogP contribution in [-0.4, -0.2) is 24.4 Å². The molecule has 0 bridgehead atoms. The van der Waals surface area contributed by atoms with Crippen LogP contribution in [0.5, 0.6) is 11.5 Å². The topological polar surface area (TPSA) is 67.8 Å². The molecular formula is C19H10Cl2F4N2O3. The Kier molecular flexibility index (Phi) is 6.14. The standard InChI is InChI=1S/C19H10Cl2F4N2O3/c20-14-5-12(18(29)27-10-4-11(28)8-26-7-10)17(6-13(14)19(23,24)25)30-16-2-1-9(22)3-15(16)21/h1-7H,8H2,(H,27,29). The summed E-state index contributed by atoms with van der Waals surface area (Å²) in [5, 5.41) is 1.37. The van der Waals surface area contributed by atoms with Gasteiger partial charge in [0.05, 0.1) is 26.9 Å². The van der Waals surface area contributed by atoms with E-state index in [1.807, 2.05) is 0 Å². The van der Waals surface area contributed by atoms with Gasteiger partial charge in [-0.05, 0) is 30.3 Å². The van der Waals surface area contributed by atoms with Gasteiger partial charge in [0.1, 0.15) is 23.9 Å². The SMILES string of the molecule is O=C1C=C(NC(=O)c2cc(Cl)c(C(F)(F)F)cc2Oc2ccc(F)cc2Cl)C=NC1. The predicted octanol–water partition coefficient (Wildman–Crippen LogP) is 5.21. The van der Waals surface area contributed by atoms with E-state index in [0.717, 1.165) is 30.3 Å². The van der Waals surface area contributed by atoms with Crippen LogP contribution in [0, 0.1) is 5.82 Å². The zero-order valence-corrected chi connectivity index (χ0v) is 16.2. The van der Waals surface area contributed by atoms with E-state index in [1.54, 1.807) is 0 Å². The normalized spacial score (nSPS) is 13.8. The molecule has 1 aliphatic rings. The predicted molar refractivity (Wildman–Crippen MR) is 102 cm³/mol. The maximum Gasteiger partial charge on any atom is 0.417 e. The molecule has 1 heterocycles. The summed E-state index contributed by atoms with van der Waals surface area (Å²) in [5.41, 5.74) is -1.58. The van der Waals surface area contributed by atoms with Gasteiger partial charge in [-0.2, -0.15) is 13.2 Å². The molecule has 0 saturated heterocycles. The van der Waals surface area contributed by atoms with Crippen LogP contribution in [0.2, 0.25) is 10.0 Å². The van der Waals surface area contributed by atoms with Crippen LogP contribution < -0.4 is 10.1 Å². The summed E-state index contributed by atoms with van der Waals surface area (Å²) in [6.07, 6.45) is -2.49. The second kappa shape index (κ2) is 8.45. The van der Waals surface area contributed by atoms with Crippen molar-refractivity contribution in [1.82, 2.24) is 5.32 Å². The van der Waals surface area contributed by atoms with Gasteiger partial charge < -0.3 is 10.1 Å². The number of aliphatic imine (C=N–C) groups is 1. The summed E-state index contributed by atoms with van der Waals surface area (Å²) in [4.78, 5) is 27.8. The quantitative estimate of drug-likeness (QED) is 0.636. The Hall–Kier alpha value is -2.91. The lowest BCUT2D eigenvalue weighted by molar-refractivity contribution is -0.137. The summed E-state index contributed by atoms with van der Waals surface area (Å²) in [5.74, 6) is -2.68. The number of alkyl halides is 3. The van der Waals surface area contributed by atoms with E-state index in [4.69, 9.17) is 27.9 Å². The fourth-order valence-corrected chi connectivity index (χ4v) is 2.94. The van der Waals surface area contributed by atoms with Crippen molar-refractivity contribution >= 4 is 41.1 Å². The first-order valence-corrected chi connectivity index (χ1v) is 8.89. The number of halogens is 6. The summed E-state index contributed by atoms with van der Waals surface area (Å²) in [7, 11) is 0. The Balaban J connectivity index is 2.04. The molecule has 0 aliphatic carbocycles. The number of dihydropyridines is 1. The van der Waals surface area contributed by atoms with E-state index in [-0.39, 0.29) is 34.4 Å². The molecule has 3 rings (SSSR count). The molecule has 30 heavy (non-hydrogen) atoms. The maximum absolute atomic E-state index is 13.3. The van der Waals surface area contributed by atoms with Gasteiger partial charge in [-0.1, -0.05) is 23.2 Å².